The number of nitrogens with two attached hydrogens (primary N) is 2. The Morgan fingerprint density at radius 2 is 1.88 bits per heavy atom. The van der Waals surface area contributed by atoms with Crippen LogP contribution in [-0.4, -0.2) is 65.7 Å². The summed E-state index contributed by atoms with van der Waals surface area (Å²) < 4.78 is 11.4. The molecule has 48 heavy (non-hydrogen) atoms. The van der Waals surface area contributed by atoms with Crippen LogP contribution in [0.3, 0.4) is 0 Å². The van der Waals surface area contributed by atoms with Crippen LogP contribution < -0.4 is 16.4 Å². The predicted molar refractivity (Wildman–Crippen MR) is 194 cm³/mol. The van der Waals surface area contributed by atoms with Gasteiger partial charge in [-0.2, -0.15) is 0 Å². The first-order valence-electron chi connectivity index (χ1n) is 17.0. The van der Waals surface area contributed by atoms with Gasteiger partial charge in [-0.15, -0.1) is 0 Å². The van der Waals surface area contributed by atoms with Gasteiger partial charge in [-0.25, -0.2) is 14.6 Å². The molecular formula is C38H57N5O5. The van der Waals surface area contributed by atoms with Crippen molar-refractivity contribution in [3.63, 3.8) is 0 Å². The molecule has 264 valence electrons. The molecule has 2 unspecified atom stereocenters. The molecule has 2 heterocycles. The van der Waals surface area contributed by atoms with Crippen LogP contribution in [0, 0.1) is 17.3 Å². The number of pyridine rings is 1. The summed E-state index contributed by atoms with van der Waals surface area (Å²) >= 11 is 0. The van der Waals surface area contributed by atoms with Crippen LogP contribution in [0.15, 0.2) is 41.5 Å². The van der Waals surface area contributed by atoms with E-state index >= 15 is 0 Å². The van der Waals surface area contributed by atoms with E-state index in [0.717, 1.165) is 11.1 Å². The highest BCUT2D eigenvalue weighted by atomic mass is 16.6. The molecule has 1 aliphatic carbocycles. The van der Waals surface area contributed by atoms with Gasteiger partial charge in [0.05, 0.1) is 18.3 Å². The second-order valence-corrected chi connectivity index (χ2v) is 15.1. The molecule has 2 atom stereocenters. The molecule has 0 bridgehead atoms. The summed E-state index contributed by atoms with van der Waals surface area (Å²) in [5.74, 6) is 0.131. The van der Waals surface area contributed by atoms with Gasteiger partial charge >= 0.3 is 11.9 Å². The summed E-state index contributed by atoms with van der Waals surface area (Å²) in [4.78, 5) is 36.4. The van der Waals surface area contributed by atoms with E-state index in [-0.39, 0.29) is 11.3 Å². The number of aliphatic imine (C=N–C) groups is 1. The number of aromatic carboxylic acids is 1. The molecule has 1 aromatic carbocycles. The number of ether oxygens (including phenoxy) is 2. The molecule has 1 fully saturated rings. The van der Waals surface area contributed by atoms with Crippen molar-refractivity contribution in [2.45, 2.75) is 99.8 Å². The van der Waals surface area contributed by atoms with Crippen molar-refractivity contribution in [2.24, 2.45) is 33.7 Å². The van der Waals surface area contributed by atoms with Crippen molar-refractivity contribution in [2.75, 3.05) is 31.1 Å². The minimum atomic E-state index is -0.958. The normalized spacial score (nSPS) is 19.4. The van der Waals surface area contributed by atoms with Crippen molar-refractivity contribution < 1.29 is 24.2 Å². The molecule has 0 radical (unpaired) electrons. The fraction of sp³-hybridized carbons (Fsp3) is 0.579. The van der Waals surface area contributed by atoms with Gasteiger partial charge in [0.2, 0.25) is 0 Å². The van der Waals surface area contributed by atoms with Gasteiger partial charge < -0.3 is 30.9 Å². The third kappa shape index (κ3) is 10.6. The highest BCUT2D eigenvalue weighted by Crippen LogP contribution is 2.42. The Bertz CT molecular complexity index is 1490. The van der Waals surface area contributed by atoms with E-state index in [1.165, 1.54) is 19.0 Å². The number of carboxylic acids is 1. The van der Waals surface area contributed by atoms with E-state index in [0.29, 0.717) is 85.2 Å². The van der Waals surface area contributed by atoms with Crippen LogP contribution in [0.1, 0.15) is 113 Å². The number of carboxylic acid groups (broad SMARTS) is 1. The van der Waals surface area contributed by atoms with Crippen LogP contribution >= 0.6 is 0 Å². The van der Waals surface area contributed by atoms with Gasteiger partial charge in [0.25, 0.3) is 0 Å². The van der Waals surface area contributed by atoms with Crippen molar-refractivity contribution in [1.82, 2.24) is 4.98 Å². The molecule has 1 saturated carbocycles. The lowest BCUT2D eigenvalue weighted by molar-refractivity contribution is 0.00623. The first-order chi connectivity index (χ1) is 22.5. The Kier molecular flexibility index (Phi) is 13.4. The fourth-order valence-corrected chi connectivity index (χ4v) is 6.39. The van der Waals surface area contributed by atoms with Gasteiger partial charge in [-0.1, -0.05) is 46.8 Å². The van der Waals surface area contributed by atoms with E-state index in [4.69, 9.17) is 25.9 Å². The lowest BCUT2D eigenvalue weighted by Gasteiger charge is -2.31. The molecule has 4 rings (SSSR count). The van der Waals surface area contributed by atoms with E-state index in [1.807, 2.05) is 30.0 Å². The third-order valence-corrected chi connectivity index (χ3v) is 8.55. The van der Waals surface area contributed by atoms with Crippen LogP contribution in [0.5, 0.6) is 0 Å². The molecule has 5 N–H and O–H groups in total. The molecule has 1 aromatic heterocycles. The molecule has 0 amide bonds. The van der Waals surface area contributed by atoms with Gasteiger partial charge in [-0.3, -0.25) is 4.99 Å². The summed E-state index contributed by atoms with van der Waals surface area (Å²) in [6, 6.07) is 8.99. The van der Waals surface area contributed by atoms with Crippen LogP contribution in [0.25, 0.3) is 5.57 Å². The molecule has 10 heteroatoms. The van der Waals surface area contributed by atoms with Gasteiger partial charge in [0, 0.05) is 49.2 Å². The number of benzene rings is 1. The summed E-state index contributed by atoms with van der Waals surface area (Å²) in [6.07, 6.45) is 5.04. The molecular weight excluding hydrogens is 606 g/mol. The number of hydrogen-bond donors (Lipinski definition) is 3. The Hall–Kier alpha value is -3.76. The SMILES string of the molecule is CC(=NCC(C)C)/C(=C\N)c1ccc(N2CCc3cccc(C(=O)O)c3C2)nc1C(=O)OC(C)(C)C.CC1CC(C)(C)CC1OCCN. The Labute approximate surface area is 287 Å². The second kappa shape index (κ2) is 16.6. The Balaban J connectivity index is 0.000000437. The zero-order valence-corrected chi connectivity index (χ0v) is 30.4. The quantitative estimate of drug-likeness (QED) is 0.191. The lowest BCUT2D eigenvalue weighted by atomic mass is 9.91. The fourth-order valence-electron chi connectivity index (χ4n) is 6.39. The Morgan fingerprint density at radius 3 is 2.44 bits per heavy atom. The predicted octanol–water partition coefficient (Wildman–Crippen LogP) is 6.50. The number of aromatic nitrogens is 1. The van der Waals surface area contributed by atoms with Crippen LogP contribution in [-0.2, 0) is 22.4 Å². The molecule has 2 aromatic rings. The highest BCUT2D eigenvalue weighted by Gasteiger charge is 2.37. The molecule has 0 saturated heterocycles. The Morgan fingerprint density at radius 1 is 1.17 bits per heavy atom. The average molecular weight is 664 g/mol. The van der Waals surface area contributed by atoms with Gasteiger partial charge in [0.15, 0.2) is 5.69 Å². The first-order valence-corrected chi connectivity index (χ1v) is 17.0. The number of hydrogen-bond acceptors (Lipinski definition) is 9. The number of nitrogens with zero attached hydrogens (tertiary/aromatic N) is 3. The van der Waals surface area contributed by atoms with Crippen LogP contribution in [0.2, 0.25) is 0 Å². The van der Waals surface area contributed by atoms with Crippen molar-refractivity contribution in [1.29, 1.82) is 0 Å². The zero-order chi connectivity index (χ0) is 35.8. The van der Waals surface area contributed by atoms with E-state index in [2.05, 4.69) is 39.6 Å². The number of anilines is 1. The average Bonchev–Trinajstić information content (AvgIpc) is 3.28. The maximum absolute atomic E-state index is 13.3. The van der Waals surface area contributed by atoms with Crippen LogP contribution in [0.4, 0.5) is 5.82 Å². The van der Waals surface area contributed by atoms with Gasteiger partial charge in [-0.05, 0) is 93.5 Å². The smallest absolute Gasteiger partial charge is 0.358 e. The number of fused-ring (bicyclic) bond motifs is 1. The number of rotatable bonds is 10. The lowest BCUT2D eigenvalue weighted by Crippen LogP contribution is -2.33. The van der Waals surface area contributed by atoms with Crippen molar-refractivity contribution >= 4 is 29.0 Å². The summed E-state index contributed by atoms with van der Waals surface area (Å²) in [5, 5.41) is 9.65. The highest BCUT2D eigenvalue weighted by molar-refractivity contribution is 6.24. The van der Waals surface area contributed by atoms with Gasteiger partial charge in [0.1, 0.15) is 11.4 Å². The maximum Gasteiger partial charge on any atom is 0.358 e. The summed E-state index contributed by atoms with van der Waals surface area (Å²) in [7, 11) is 0. The van der Waals surface area contributed by atoms with Crippen molar-refractivity contribution in [3.05, 3.63) is 64.5 Å². The standard InChI is InChI=1S/C28H36N4O4.C10H21NO/c1-17(2)15-30-18(3)22(14-29)20-10-11-24(31-25(20)27(35)36-28(4,5)6)32-13-12-19-8-7-9-21(26(33)34)23(19)16-32;1-8-6-10(2,3)7-9(8)12-5-4-11/h7-11,14,17H,12-13,15-16,29H2,1-6H3,(H,33,34);8-9H,4-7,11H2,1-3H3/b22-14+,30-18?;. The number of esters is 1. The first kappa shape index (κ1) is 38.7. The third-order valence-electron chi connectivity index (χ3n) is 8.55. The number of carbonyl (C=O) groups is 2. The number of carbonyl (C=O) groups excluding carboxylic acids is 1. The largest absolute Gasteiger partial charge is 0.478 e. The second-order valence-electron chi connectivity index (χ2n) is 15.1. The van der Waals surface area contributed by atoms with Crippen molar-refractivity contribution in [3.8, 4) is 0 Å². The monoisotopic (exact) mass is 663 g/mol. The van der Waals surface area contributed by atoms with E-state index in [1.54, 1.807) is 32.9 Å². The minimum absolute atomic E-state index is 0.149. The van der Waals surface area contributed by atoms with E-state index in [9.17, 15) is 14.7 Å². The zero-order valence-electron chi connectivity index (χ0n) is 30.4. The van der Waals surface area contributed by atoms with E-state index < -0.39 is 17.5 Å². The number of allylic oxidation sites excluding steroid dienone is 1. The molecule has 1 aliphatic heterocycles. The summed E-state index contributed by atoms with van der Waals surface area (Å²) in [5.41, 5.74) is 15.2. The summed E-state index contributed by atoms with van der Waals surface area (Å²) in [6.45, 7) is 21.4. The topological polar surface area (TPSA) is 153 Å². The molecule has 10 nitrogen and oxygen atoms in total. The molecule has 2 aliphatic rings. The maximum atomic E-state index is 13.3. The molecule has 0 spiro atoms. The minimum Gasteiger partial charge on any atom is -0.478 e.